The molecule has 140 valence electrons. The van der Waals surface area contributed by atoms with E-state index in [0.717, 1.165) is 11.3 Å². The molecular weight excluding hydrogens is 383 g/mol. The molecule has 5 rings (SSSR count). The summed E-state index contributed by atoms with van der Waals surface area (Å²) < 4.78 is 24.5. The van der Waals surface area contributed by atoms with Crippen molar-refractivity contribution in [2.75, 3.05) is 17.0 Å². The van der Waals surface area contributed by atoms with Crippen LogP contribution in [-0.2, 0) is 0 Å². The predicted octanol–water partition coefficient (Wildman–Crippen LogP) is 4.98. The van der Waals surface area contributed by atoms with Crippen LogP contribution in [0.4, 0.5) is 15.8 Å². The van der Waals surface area contributed by atoms with Gasteiger partial charge in [0.25, 0.3) is 5.91 Å². The van der Waals surface area contributed by atoms with Gasteiger partial charge in [0, 0.05) is 11.4 Å². The number of hydrogen-bond donors (Lipinski definition) is 1. The molecule has 1 N–H and O–H groups in total. The zero-order valence-corrected chi connectivity index (χ0v) is 15.2. The van der Waals surface area contributed by atoms with Gasteiger partial charge in [-0.25, -0.2) is 4.39 Å². The minimum Gasteiger partial charge on any atom is -0.454 e. The minimum absolute atomic E-state index is 0.0476. The number of halogens is 2. The Balaban J connectivity index is 1.65. The molecule has 0 fully saturated rings. The van der Waals surface area contributed by atoms with Crippen LogP contribution in [-0.4, -0.2) is 12.7 Å². The molecule has 3 aromatic rings. The number of rotatable bonds is 2. The van der Waals surface area contributed by atoms with Crippen LogP contribution in [0.15, 0.2) is 60.7 Å². The van der Waals surface area contributed by atoms with Crippen LogP contribution < -0.4 is 19.7 Å². The van der Waals surface area contributed by atoms with E-state index in [1.807, 2.05) is 24.3 Å². The summed E-state index contributed by atoms with van der Waals surface area (Å²) in [5.74, 6) is 0.521. The predicted molar refractivity (Wildman–Crippen MR) is 104 cm³/mol. The highest BCUT2D eigenvalue weighted by Crippen LogP contribution is 2.41. The number of nitrogens with one attached hydrogen (secondary N) is 1. The lowest BCUT2D eigenvalue weighted by atomic mass is 10.0. The van der Waals surface area contributed by atoms with Crippen molar-refractivity contribution in [1.82, 2.24) is 0 Å². The van der Waals surface area contributed by atoms with Gasteiger partial charge in [-0.1, -0.05) is 29.8 Å². The Morgan fingerprint density at radius 3 is 2.71 bits per heavy atom. The van der Waals surface area contributed by atoms with E-state index in [2.05, 4.69) is 5.32 Å². The van der Waals surface area contributed by atoms with Crippen molar-refractivity contribution in [1.29, 1.82) is 0 Å². The summed E-state index contributed by atoms with van der Waals surface area (Å²) in [5.41, 5.74) is 2.54. The summed E-state index contributed by atoms with van der Waals surface area (Å²) >= 11 is 5.98. The molecule has 0 radical (unpaired) electrons. The molecule has 2 aliphatic heterocycles. The molecule has 0 unspecified atom stereocenters. The van der Waals surface area contributed by atoms with E-state index in [1.54, 1.807) is 23.1 Å². The first-order valence-electron chi connectivity index (χ1n) is 8.65. The zero-order valence-electron chi connectivity index (χ0n) is 14.5. The average molecular weight is 397 g/mol. The second kappa shape index (κ2) is 6.42. The number of ether oxygens (including phenoxy) is 2. The largest absolute Gasteiger partial charge is 0.454 e. The van der Waals surface area contributed by atoms with Crippen LogP contribution in [0.3, 0.4) is 0 Å². The maximum absolute atomic E-state index is 13.7. The van der Waals surface area contributed by atoms with Gasteiger partial charge in [-0.2, -0.15) is 0 Å². The van der Waals surface area contributed by atoms with E-state index in [0.29, 0.717) is 22.7 Å². The van der Waals surface area contributed by atoms with E-state index in [9.17, 15) is 9.18 Å². The Bertz CT molecular complexity index is 1100. The van der Waals surface area contributed by atoms with Crippen molar-refractivity contribution >= 4 is 28.9 Å². The molecule has 3 aromatic carbocycles. The monoisotopic (exact) mass is 396 g/mol. The van der Waals surface area contributed by atoms with Gasteiger partial charge >= 0.3 is 0 Å². The summed E-state index contributed by atoms with van der Waals surface area (Å²) in [4.78, 5) is 14.9. The standard InChI is InChI=1S/C21H14ClFN2O3/c22-15-10-13(6-7-16(15)23)25-20(12-5-8-18-19(9-12)28-11-27-18)24-17-4-2-1-3-14(17)21(25)26/h1-10,20,24H,11H2/t20-/m1/s1. The van der Waals surface area contributed by atoms with Crippen molar-refractivity contribution in [3.8, 4) is 11.5 Å². The number of para-hydroxylation sites is 1. The molecule has 5 nitrogen and oxygen atoms in total. The topological polar surface area (TPSA) is 50.8 Å². The molecule has 0 aliphatic carbocycles. The van der Waals surface area contributed by atoms with Crippen LogP contribution in [0.5, 0.6) is 11.5 Å². The molecule has 7 heteroatoms. The normalized spacial score (nSPS) is 17.3. The summed E-state index contributed by atoms with van der Waals surface area (Å²) in [6.07, 6.45) is -0.529. The molecule has 28 heavy (non-hydrogen) atoms. The van der Waals surface area contributed by atoms with Gasteiger partial charge in [-0.3, -0.25) is 9.69 Å². The van der Waals surface area contributed by atoms with E-state index in [-0.39, 0.29) is 17.7 Å². The van der Waals surface area contributed by atoms with Gasteiger partial charge < -0.3 is 14.8 Å². The summed E-state index contributed by atoms with van der Waals surface area (Å²) in [6, 6.07) is 17.0. The first-order chi connectivity index (χ1) is 13.6. The van der Waals surface area contributed by atoms with E-state index in [1.165, 1.54) is 18.2 Å². The van der Waals surface area contributed by atoms with Crippen molar-refractivity contribution in [2.24, 2.45) is 0 Å². The second-order valence-electron chi connectivity index (χ2n) is 6.48. The molecule has 0 aromatic heterocycles. The van der Waals surface area contributed by atoms with Crippen molar-refractivity contribution in [2.45, 2.75) is 6.17 Å². The SMILES string of the molecule is O=C1c2ccccc2N[C@@H](c2ccc3c(c2)OCO3)N1c1ccc(F)c(Cl)c1. The molecule has 2 heterocycles. The molecule has 1 atom stereocenters. The fourth-order valence-corrected chi connectivity index (χ4v) is 3.65. The molecular formula is C21H14ClFN2O3. The van der Waals surface area contributed by atoms with E-state index in [4.69, 9.17) is 21.1 Å². The maximum Gasteiger partial charge on any atom is 0.262 e. The number of carbonyl (C=O) groups excluding carboxylic acids is 1. The van der Waals surface area contributed by atoms with E-state index < -0.39 is 12.0 Å². The Hall–Kier alpha value is -3.25. The van der Waals surface area contributed by atoms with E-state index >= 15 is 0 Å². The van der Waals surface area contributed by atoms with Crippen LogP contribution in [0.2, 0.25) is 5.02 Å². The highest BCUT2D eigenvalue weighted by molar-refractivity contribution is 6.31. The third-order valence-corrected chi connectivity index (χ3v) is 5.11. The smallest absolute Gasteiger partial charge is 0.262 e. The quantitative estimate of drug-likeness (QED) is 0.663. The lowest BCUT2D eigenvalue weighted by Crippen LogP contribution is -2.43. The first-order valence-corrected chi connectivity index (χ1v) is 9.03. The molecule has 0 saturated heterocycles. The minimum atomic E-state index is -0.539. The molecule has 0 spiro atoms. The van der Waals surface area contributed by atoms with Crippen molar-refractivity contribution < 1.29 is 18.7 Å². The fourth-order valence-electron chi connectivity index (χ4n) is 3.47. The Morgan fingerprint density at radius 1 is 1.04 bits per heavy atom. The van der Waals surface area contributed by atoms with Crippen LogP contribution in [0.1, 0.15) is 22.1 Å². The fraction of sp³-hybridized carbons (Fsp3) is 0.0952. The van der Waals surface area contributed by atoms with Crippen molar-refractivity contribution in [3.05, 3.63) is 82.6 Å². The maximum atomic E-state index is 13.7. The number of carbonyl (C=O) groups is 1. The van der Waals surface area contributed by atoms with Gasteiger partial charge in [-0.05, 0) is 48.0 Å². The lowest BCUT2D eigenvalue weighted by Gasteiger charge is -2.38. The third kappa shape index (κ3) is 2.65. The van der Waals surface area contributed by atoms with Crippen LogP contribution >= 0.6 is 11.6 Å². The number of amides is 1. The highest BCUT2D eigenvalue weighted by Gasteiger charge is 2.35. The lowest BCUT2D eigenvalue weighted by molar-refractivity contribution is 0.0975. The first kappa shape index (κ1) is 16.9. The average Bonchev–Trinajstić information content (AvgIpc) is 3.18. The van der Waals surface area contributed by atoms with Gasteiger partial charge in [0.1, 0.15) is 12.0 Å². The third-order valence-electron chi connectivity index (χ3n) is 4.82. The zero-order chi connectivity index (χ0) is 19.3. The van der Waals surface area contributed by atoms with Crippen LogP contribution in [0.25, 0.3) is 0 Å². The number of anilines is 2. The molecule has 2 aliphatic rings. The van der Waals surface area contributed by atoms with Gasteiger partial charge in [0.2, 0.25) is 6.79 Å². The number of fused-ring (bicyclic) bond motifs is 2. The number of nitrogens with zero attached hydrogens (tertiary/aromatic N) is 1. The summed E-state index contributed by atoms with van der Waals surface area (Å²) in [6.45, 7) is 0.163. The van der Waals surface area contributed by atoms with Crippen LogP contribution in [0, 0.1) is 5.82 Å². The van der Waals surface area contributed by atoms with Gasteiger partial charge in [-0.15, -0.1) is 0 Å². The van der Waals surface area contributed by atoms with Crippen molar-refractivity contribution in [3.63, 3.8) is 0 Å². The molecule has 0 saturated carbocycles. The summed E-state index contributed by atoms with van der Waals surface area (Å²) in [7, 11) is 0. The Morgan fingerprint density at radius 2 is 1.86 bits per heavy atom. The highest BCUT2D eigenvalue weighted by atomic mass is 35.5. The molecule has 0 bridgehead atoms. The number of hydrogen-bond acceptors (Lipinski definition) is 4. The second-order valence-corrected chi connectivity index (χ2v) is 6.89. The Labute approximate surface area is 165 Å². The van der Waals surface area contributed by atoms with Gasteiger partial charge in [0.15, 0.2) is 11.5 Å². The van der Waals surface area contributed by atoms with Gasteiger partial charge in [0.05, 0.1) is 10.6 Å². The Kier molecular flexibility index (Phi) is 3.87. The summed E-state index contributed by atoms with van der Waals surface area (Å²) in [5, 5.41) is 3.34. The molecule has 1 amide bonds. The number of benzene rings is 3.